The van der Waals surface area contributed by atoms with Crippen LogP contribution in [0.4, 0.5) is 0 Å². The highest BCUT2D eigenvalue weighted by atomic mass is 28.3. The van der Waals surface area contributed by atoms with E-state index in [-0.39, 0.29) is 5.41 Å². The number of aromatic nitrogens is 1. The molecule has 1 nitrogen and oxygen atoms in total. The molecule has 0 atom stereocenters. The highest BCUT2D eigenvalue weighted by Gasteiger charge is 2.37. The van der Waals surface area contributed by atoms with Gasteiger partial charge in [-0.15, -0.1) is 0 Å². The maximum atomic E-state index is 2.50. The minimum atomic E-state index is -1.64. The second-order valence-corrected chi connectivity index (χ2v) is 16.2. The third kappa shape index (κ3) is 2.59. The summed E-state index contributed by atoms with van der Waals surface area (Å²) >= 11 is 0. The Balaban J connectivity index is 1.39. The summed E-state index contributed by atoms with van der Waals surface area (Å²) in [6.07, 6.45) is 0. The van der Waals surface area contributed by atoms with Gasteiger partial charge in [-0.3, -0.25) is 0 Å². The van der Waals surface area contributed by atoms with Gasteiger partial charge in [0.1, 0.15) is 8.07 Å². The van der Waals surface area contributed by atoms with E-state index in [1.54, 1.807) is 10.4 Å². The topological polar surface area (TPSA) is 4.93 Å². The Morgan fingerprint density at radius 1 is 0.595 bits per heavy atom. The third-order valence-corrected chi connectivity index (χ3v) is 12.8. The van der Waals surface area contributed by atoms with Crippen molar-refractivity contribution in [1.29, 1.82) is 0 Å². The zero-order valence-corrected chi connectivity index (χ0v) is 22.8. The fraction of sp³-hybridized carbons (Fsp3) is 0.143. The summed E-state index contributed by atoms with van der Waals surface area (Å²) in [5.74, 6) is 0. The van der Waals surface area contributed by atoms with E-state index in [2.05, 4.69) is 135 Å². The van der Waals surface area contributed by atoms with Crippen molar-refractivity contribution < 1.29 is 0 Å². The number of rotatable bonds is 1. The lowest BCUT2D eigenvalue weighted by Gasteiger charge is -2.34. The van der Waals surface area contributed by atoms with E-state index in [4.69, 9.17) is 0 Å². The van der Waals surface area contributed by atoms with Crippen LogP contribution in [-0.4, -0.2) is 12.6 Å². The predicted octanol–water partition coefficient (Wildman–Crippen LogP) is 7.89. The first kappa shape index (κ1) is 21.2. The van der Waals surface area contributed by atoms with Crippen LogP contribution >= 0.6 is 0 Å². The average molecular weight is 492 g/mol. The molecule has 2 aliphatic rings. The van der Waals surface area contributed by atoms with Gasteiger partial charge in [0.2, 0.25) is 0 Å². The first-order chi connectivity index (χ1) is 17.9. The van der Waals surface area contributed by atoms with Crippen LogP contribution in [0.1, 0.15) is 25.0 Å². The van der Waals surface area contributed by atoms with E-state index in [1.807, 2.05) is 0 Å². The molecule has 1 aromatic heterocycles. The summed E-state index contributed by atoms with van der Waals surface area (Å²) in [5, 5.41) is 5.80. The lowest BCUT2D eigenvalue weighted by Crippen LogP contribution is -2.49. The first-order valence-corrected chi connectivity index (χ1v) is 16.3. The van der Waals surface area contributed by atoms with Crippen molar-refractivity contribution in [2.75, 3.05) is 0 Å². The average Bonchev–Trinajstić information content (AvgIpc) is 3.37. The Hall–Kier alpha value is -3.88. The molecule has 5 aromatic carbocycles. The van der Waals surface area contributed by atoms with Crippen LogP contribution in [0.25, 0.3) is 49.7 Å². The molecule has 0 spiro atoms. The van der Waals surface area contributed by atoms with Gasteiger partial charge in [-0.05, 0) is 68.0 Å². The second kappa shape index (κ2) is 6.90. The number of hydrogen-bond donors (Lipinski definition) is 0. The number of benzene rings is 5. The standard InChI is InChI=1S/C35H29NSi/c1-35(2)28-12-6-7-14-31(28)36-30-18-16-22(20-26(30)25-11-9-13-29(35)34(25)36)23-17-19-33-27(21-23)24-10-5-8-15-32(24)37(33,3)4/h5-21H,1-4H3. The van der Waals surface area contributed by atoms with Crippen molar-refractivity contribution in [2.24, 2.45) is 0 Å². The van der Waals surface area contributed by atoms with E-state index < -0.39 is 8.07 Å². The molecule has 6 aromatic rings. The Morgan fingerprint density at radius 3 is 2.19 bits per heavy atom. The van der Waals surface area contributed by atoms with E-state index in [9.17, 15) is 0 Å². The summed E-state index contributed by atoms with van der Waals surface area (Å²) in [4.78, 5) is 0. The molecule has 0 N–H and O–H groups in total. The van der Waals surface area contributed by atoms with E-state index in [0.29, 0.717) is 0 Å². The summed E-state index contributed by atoms with van der Waals surface area (Å²) < 4.78 is 2.50. The molecule has 0 saturated heterocycles. The van der Waals surface area contributed by atoms with Crippen LogP contribution in [0.3, 0.4) is 0 Å². The molecule has 178 valence electrons. The summed E-state index contributed by atoms with van der Waals surface area (Å²) in [6, 6.07) is 39.1. The molecule has 0 fully saturated rings. The van der Waals surface area contributed by atoms with Crippen LogP contribution in [0.15, 0.2) is 103 Å². The predicted molar refractivity (Wildman–Crippen MR) is 161 cm³/mol. The number of fused-ring (bicyclic) bond motifs is 8. The quantitative estimate of drug-likeness (QED) is 0.206. The largest absolute Gasteiger partial charge is 0.309 e. The third-order valence-electron chi connectivity index (χ3n) is 9.20. The van der Waals surface area contributed by atoms with Crippen molar-refractivity contribution in [3.05, 3.63) is 114 Å². The lowest BCUT2D eigenvalue weighted by atomic mass is 9.75. The van der Waals surface area contributed by atoms with Crippen LogP contribution in [0.2, 0.25) is 13.1 Å². The van der Waals surface area contributed by atoms with Crippen molar-refractivity contribution in [3.8, 4) is 27.9 Å². The molecular weight excluding hydrogens is 462 g/mol. The molecule has 0 saturated carbocycles. The smallest absolute Gasteiger partial charge is 0.113 e. The van der Waals surface area contributed by atoms with E-state index >= 15 is 0 Å². The van der Waals surface area contributed by atoms with Gasteiger partial charge in [0.15, 0.2) is 0 Å². The molecule has 0 unspecified atom stereocenters. The highest BCUT2D eigenvalue weighted by molar-refractivity contribution is 7.03. The maximum absolute atomic E-state index is 2.50. The fourth-order valence-corrected chi connectivity index (χ4v) is 10.3. The Labute approximate surface area is 219 Å². The summed E-state index contributed by atoms with van der Waals surface area (Å²) in [6.45, 7) is 9.69. The number of nitrogens with zero attached hydrogens (tertiary/aromatic N) is 1. The molecule has 0 bridgehead atoms. The van der Waals surface area contributed by atoms with E-state index in [1.165, 1.54) is 60.9 Å². The molecular formula is C35H29NSi. The van der Waals surface area contributed by atoms with Gasteiger partial charge >= 0.3 is 0 Å². The fourth-order valence-electron chi connectivity index (χ4n) is 7.25. The Kier molecular flexibility index (Phi) is 3.96. The molecule has 3 heterocycles. The molecule has 0 radical (unpaired) electrons. The molecule has 0 amide bonds. The number of hydrogen-bond acceptors (Lipinski definition) is 0. The SMILES string of the molecule is CC1(C)c2ccccc2-n2c3ccc(-c4ccc5c(c4)-c4ccccc4[Si]5(C)C)cc3c3cccc1c32. The summed E-state index contributed by atoms with van der Waals surface area (Å²) in [7, 11) is -1.64. The summed E-state index contributed by atoms with van der Waals surface area (Å²) in [5.41, 5.74) is 12.2. The zero-order valence-electron chi connectivity index (χ0n) is 21.8. The van der Waals surface area contributed by atoms with Crippen LogP contribution < -0.4 is 10.4 Å². The Bertz CT molecular complexity index is 1940. The molecule has 8 rings (SSSR count). The van der Waals surface area contributed by atoms with Gasteiger partial charge in [0.25, 0.3) is 0 Å². The minimum absolute atomic E-state index is 0.0343. The number of para-hydroxylation sites is 2. The lowest BCUT2D eigenvalue weighted by molar-refractivity contribution is 0.630. The maximum Gasteiger partial charge on any atom is 0.113 e. The van der Waals surface area contributed by atoms with Gasteiger partial charge in [-0.2, -0.15) is 0 Å². The molecule has 2 heteroatoms. The van der Waals surface area contributed by atoms with Crippen molar-refractivity contribution in [3.63, 3.8) is 0 Å². The monoisotopic (exact) mass is 491 g/mol. The van der Waals surface area contributed by atoms with Crippen LogP contribution in [0.5, 0.6) is 0 Å². The van der Waals surface area contributed by atoms with Gasteiger partial charge in [-0.1, -0.05) is 106 Å². The van der Waals surface area contributed by atoms with Crippen LogP contribution in [-0.2, 0) is 5.41 Å². The Morgan fingerprint density at radius 2 is 1.30 bits per heavy atom. The highest BCUT2D eigenvalue weighted by Crippen LogP contribution is 2.47. The van der Waals surface area contributed by atoms with Crippen molar-refractivity contribution >= 4 is 40.3 Å². The first-order valence-electron chi connectivity index (χ1n) is 13.3. The van der Waals surface area contributed by atoms with E-state index in [0.717, 1.165) is 0 Å². The molecule has 0 aliphatic carbocycles. The second-order valence-electron chi connectivity index (χ2n) is 11.8. The normalized spacial score (nSPS) is 16.0. The van der Waals surface area contributed by atoms with Crippen molar-refractivity contribution in [1.82, 2.24) is 4.57 Å². The zero-order chi connectivity index (χ0) is 25.1. The van der Waals surface area contributed by atoms with Gasteiger partial charge in [0, 0.05) is 16.2 Å². The molecule has 37 heavy (non-hydrogen) atoms. The van der Waals surface area contributed by atoms with Gasteiger partial charge < -0.3 is 4.57 Å². The van der Waals surface area contributed by atoms with Gasteiger partial charge in [-0.25, -0.2) is 0 Å². The van der Waals surface area contributed by atoms with Crippen LogP contribution in [0, 0.1) is 0 Å². The molecule has 2 aliphatic heterocycles. The van der Waals surface area contributed by atoms with Gasteiger partial charge in [0.05, 0.1) is 16.7 Å². The van der Waals surface area contributed by atoms with Crippen molar-refractivity contribution in [2.45, 2.75) is 32.4 Å². The minimum Gasteiger partial charge on any atom is -0.309 e.